The van der Waals surface area contributed by atoms with Crippen molar-refractivity contribution in [3.63, 3.8) is 0 Å². The number of amides is 1. The molecule has 4 nitrogen and oxygen atoms in total. The predicted molar refractivity (Wildman–Crippen MR) is 89.2 cm³/mol. The van der Waals surface area contributed by atoms with Crippen LogP contribution in [0.3, 0.4) is 0 Å². The van der Waals surface area contributed by atoms with Crippen LogP contribution in [0.5, 0.6) is 11.5 Å². The number of methoxy groups -OCH3 is 2. The van der Waals surface area contributed by atoms with Gasteiger partial charge in [-0.2, -0.15) is 0 Å². The molecule has 0 aliphatic heterocycles. The Kier molecular flexibility index (Phi) is 8.41. The first kappa shape index (κ1) is 17.1. The lowest BCUT2D eigenvalue weighted by Gasteiger charge is -2.12. The number of hydrogen-bond acceptors (Lipinski definition) is 3. The molecule has 1 amide bonds. The molecule has 0 atom stereocenters. The number of unbranched alkanes of at least 4 members (excludes halogenated alkanes) is 3. The molecule has 5 heteroatoms. The fraction of sp³-hybridized carbons (Fsp3) is 0.533. The van der Waals surface area contributed by atoms with Crippen molar-refractivity contribution in [2.24, 2.45) is 0 Å². The van der Waals surface area contributed by atoms with Crippen LogP contribution in [0, 0.1) is 0 Å². The van der Waals surface area contributed by atoms with Crippen molar-refractivity contribution in [1.82, 2.24) is 5.32 Å². The molecule has 0 spiro atoms. The molecular weight excluding hydrogens is 369 g/mol. The Morgan fingerprint density at radius 2 is 1.90 bits per heavy atom. The highest BCUT2D eigenvalue weighted by Crippen LogP contribution is 2.30. The van der Waals surface area contributed by atoms with Crippen LogP contribution in [0.4, 0.5) is 0 Å². The molecule has 1 aromatic rings. The maximum absolute atomic E-state index is 12.1. The normalized spacial score (nSPS) is 10.2. The summed E-state index contributed by atoms with van der Waals surface area (Å²) in [6.45, 7) is 0.695. The van der Waals surface area contributed by atoms with Crippen LogP contribution in [0.2, 0.25) is 0 Å². The quantitative estimate of drug-likeness (QED) is 0.399. The zero-order valence-electron chi connectivity index (χ0n) is 12.1. The smallest absolute Gasteiger partial charge is 0.255 e. The van der Waals surface area contributed by atoms with Gasteiger partial charge in [0.05, 0.1) is 19.8 Å². The maximum Gasteiger partial charge on any atom is 0.255 e. The molecule has 0 heterocycles. The number of carbonyl (C=O) groups is 1. The molecule has 0 fully saturated rings. The monoisotopic (exact) mass is 391 g/mol. The Morgan fingerprint density at radius 1 is 1.15 bits per heavy atom. The summed E-state index contributed by atoms with van der Waals surface area (Å²) < 4.78 is 11.7. The van der Waals surface area contributed by atoms with Crippen molar-refractivity contribution in [3.05, 3.63) is 23.8 Å². The van der Waals surface area contributed by atoms with Crippen molar-refractivity contribution in [3.8, 4) is 11.5 Å². The lowest BCUT2D eigenvalue weighted by molar-refractivity contribution is 0.0949. The van der Waals surface area contributed by atoms with E-state index in [1.807, 2.05) is 0 Å². The first-order valence-electron chi connectivity index (χ1n) is 6.79. The third kappa shape index (κ3) is 5.19. The molecule has 112 valence electrons. The Bertz CT molecular complexity index is 424. The van der Waals surface area contributed by atoms with Crippen LogP contribution >= 0.6 is 22.6 Å². The Labute approximate surface area is 134 Å². The minimum atomic E-state index is -0.116. The summed E-state index contributed by atoms with van der Waals surface area (Å²) in [6.07, 6.45) is 4.63. The van der Waals surface area contributed by atoms with Gasteiger partial charge in [0.2, 0.25) is 0 Å². The molecule has 0 saturated carbocycles. The molecule has 1 rings (SSSR count). The number of alkyl halides is 1. The van der Waals surface area contributed by atoms with Gasteiger partial charge in [-0.15, -0.1) is 0 Å². The largest absolute Gasteiger partial charge is 0.493 e. The molecule has 1 N–H and O–H groups in total. The third-order valence-electron chi connectivity index (χ3n) is 2.99. The third-order valence-corrected chi connectivity index (χ3v) is 3.76. The van der Waals surface area contributed by atoms with Gasteiger partial charge in [-0.1, -0.05) is 41.5 Å². The molecule has 0 aliphatic carbocycles. The number of para-hydroxylation sites is 1. The lowest BCUT2D eigenvalue weighted by Crippen LogP contribution is -2.25. The average Bonchev–Trinajstić information content (AvgIpc) is 2.49. The predicted octanol–water partition coefficient (Wildman–Crippen LogP) is 3.43. The highest BCUT2D eigenvalue weighted by Gasteiger charge is 2.15. The first-order valence-corrected chi connectivity index (χ1v) is 8.32. The second-order valence-corrected chi connectivity index (χ2v) is 5.48. The van der Waals surface area contributed by atoms with Crippen molar-refractivity contribution in [2.45, 2.75) is 25.7 Å². The highest BCUT2D eigenvalue weighted by atomic mass is 127. The zero-order valence-corrected chi connectivity index (χ0v) is 14.2. The second kappa shape index (κ2) is 9.85. The van der Waals surface area contributed by atoms with E-state index >= 15 is 0 Å². The van der Waals surface area contributed by atoms with Crippen molar-refractivity contribution < 1.29 is 14.3 Å². The minimum Gasteiger partial charge on any atom is -0.493 e. The molecule has 0 aliphatic rings. The number of ether oxygens (including phenoxy) is 2. The van der Waals surface area contributed by atoms with Gasteiger partial charge in [-0.05, 0) is 29.4 Å². The summed E-state index contributed by atoms with van der Waals surface area (Å²) in [5, 5.41) is 2.93. The molecule has 0 unspecified atom stereocenters. The number of rotatable bonds is 9. The molecule has 0 saturated heterocycles. The van der Waals surface area contributed by atoms with Crippen LogP contribution in [0.25, 0.3) is 0 Å². The molecule has 1 aromatic carbocycles. The summed E-state index contributed by atoms with van der Waals surface area (Å²) >= 11 is 2.39. The zero-order chi connectivity index (χ0) is 14.8. The maximum atomic E-state index is 12.1. The van der Waals surface area contributed by atoms with Gasteiger partial charge in [0.15, 0.2) is 11.5 Å². The number of carbonyl (C=O) groups excluding carboxylic acids is 1. The molecule has 0 aromatic heterocycles. The Morgan fingerprint density at radius 3 is 2.55 bits per heavy atom. The van der Waals surface area contributed by atoms with E-state index in [-0.39, 0.29) is 5.91 Å². The van der Waals surface area contributed by atoms with E-state index in [0.29, 0.717) is 23.6 Å². The van der Waals surface area contributed by atoms with Gasteiger partial charge in [0.25, 0.3) is 5.91 Å². The van der Waals surface area contributed by atoms with Crippen LogP contribution in [0.15, 0.2) is 18.2 Å². The molecule has 20 heavy (non-hydrogen) atoms. The second-order valence-electron chi connectivity index (χ2n) is 4.40. The van der Waals surface area contributed by atoms with Gasteiger partial charge in [0, 0.05) is 6.54 Å². The SMILES string of the molecule is COc1cccc(C(=O)NCCCCCCI)c1OC. The Balaban J connectivity index is 2.51. The fourth-order valence-corrected chi connectivity index (χ4v) is 2.48. The van der Waals surface area contributed by atoms with E-state index in [1.54, 1.807) is 32.4 Å². The number of hydrogen-bond donors (Lipinski definition) is 1. The van der Waals surface area contributed by atoms with Crippen LogP contribution in [-0.2, 0) is 0 Å². The standard InChI is InChI=1S/C15H22INO3/c1-19-13-9-7-8-12(14(13)20-2)15(18)17-11-6-4-3-5-10-16/h7-9H,3-6,10-11H2,1-2H3,(H,17,18). The van der Waals surface area contributed by atoms with Gasteiger partial charge >= 0.3 is 0 Å². The number of benzene rings is 1. The number of nitrogens with one attached hydrogen (secondary N) is 1. The van der Waals surface area contributed by atoms with E-state index in [0.717, 1.165) is 12.8 Å². The Hall–Kier alpha value is -0.980. The lowest BCUT2D eigenvalue weighted by atomic mass is 10.1. The van der Waals surface area contributed by atoms with Crippen LogP contribution in [0.1, 0.15) is 36.0 Å². The minimum absolute atomic E-state index is 0.116. The van der Waals surface area contributed by atoms with E-state index in [4.69, 9.17) is 9.47 Å². The van der Waals surface area contributed by atoms with Gasteiger partial charge in [-0.25, -0.2) is 0 Å². The van der Waals surface area contributed by atoms with Gasteiger partial charge in [-0.3, -0.25) is 4.79 Å². The first-order chi connectivity index (χ1) is 9.74. The summed E-state index contributed by atoms with van der Waals surface area (Å²) in [7, 11) is 3.10. The topological polar surface area (TPSA) is 47.6 Å². The summed E-state index contributed by atoms with van der Waals surface area (Å²) in [6, 6.07) is 5.31. The van der Waals surface area contributed by atoms with E-state index in [1.165, 1.54) is 17.3 Å². The number of halogens is 1. The summed E-state index contributed by atoms with van der Waals surface area (Å²) in [4.78, 5) is 12.1. The van der Waals surface area contributed by atoms with Crippen molar-refractivity contribution in [2.75, 3.05) is 25.2 Å². The van der Waals surface area contributed by atoms with Crippen molar-refractivity contribution in [1.29, 1.82) is 0 Å². The van der Waals surface area contributed by atoms with Gasteiger partial charge in [0.1, 0.15) is 0 Å². The molecule has 0 radical (unpaired) electrons. The molecular formula is C15H22INO3. The van der Waals surface area contributed by atoms with E-state index < -0.39 is 0 Å². The van der Waals surface area contributed by atoms with Crippen LogP contribution < -0.4 is 14.8 Å². The summed E-state index contributed by atoms with van der Waals surface area (Å²) in [5.41, 5.74) is 0.513. The highest BCUT2D eigenvalue weighted by molar-refractivity contribution is 14.1. The van der Waals surface area contributed by atoms with Crippen LogP contribution in [-0.4, -0.2) is 31.1 Å². The average molecular weight is 391 g/mol. The van der Waals surface area contributed by atoms with E-state index in [9.17, 15) is 4.79 Å². The van der Waals surface area contributed by atoms with Crippen molar-refractivity contribution >= 4 is 28.5 Å². The summed E-state index contributed by atoms with van der Waals surface area (Å²) in [5.74, 6) is 0.939. The fourth-order valence-electron chi connectivity index (χ4n) is 1.94. The van der Waals surface area contributed by atoms with E-state index in [2.05, 4.69) is 27.9 Å². The molecule has 0 bridgehead atoms. The van der Waals surface area contributed by atoms with Gasteiger partial charge < -0.3 is 14.8 Å².